The van der Waals surface area contributed by atoms with Gasteiger partial charge < -0.3 is 15.1 Å². The monoisotopic (exact) mass is 368 g/mol. The molecular formula is C22H32N4O. The van der Waals surface area contributed by atoms with Crippen LogP contribution in [0, 0.1) is 5.92 Å². The van der Waals surface area contributed by atoms with Crippen LogP contribution in [-0.2, 0) is 19.5 Å². The molecule has 5 heteroatoms. The van der Waals surface area contributed by atoms with Gasteiger partial charge in [0.15, 0.2) is 5.96 Å². The maximum atomic E-state index is 5.35. The summed E-state index contributed by atoms with van der Waals surface area (Å²) in [6.45, 7) is 7.43. The lowest BCUT2D eigenvalue weighted by atomic mass is 9.99. The van der Waals surface area contributed by atoms with E-state index in [0.29, 0.717) is 0 Å². The molecule has 1 aromatic carbocycles. The Morgan fingerprint density at radius 1 is 1.19 bits per heavy atom. The fourth-order valence-corrected chi connectivity index (χ4v) is 3.62. The molecule has 0 radical (unpaired) electrons. The van der Waals surface area contributed by atoms with Crippen molar-refractivity contribution in [2.75, 3.05) is 26.7 Å². The van der Waals surface area contributed by atoms with Crippen LogP contribution in [0.4, 0.5) is 0 Å². The molecule has 1 fully saturated rings. The summed E-state index contributed by atoms with van der Waals surface area (Å²) in [4.78, 5) is 6.86. The first-order valence-electron chi connectivity index (χ1n) is 10.00. The minimum absolute atomic E-state index is 0.765. The number of nitrogens with one attached hydrogen (secondary N) is 2. The Morgan fingerprint density at radius 2 is 2.00 bits per heavy atom. The number of rotatable bonds is 7. The molecule has 1 atom stereocenters. The molecule has 2 N–H and O–H groups in total. The molecule has 0 bridgehead atoms. The van der Waals surface area contributed by atoms with Crippen molar-refractivity contribution in [2.24, 2.45) is 10.9 Å². The molecule has 0 spiro atoms. The lowest BCUT2D eigenvalue weighted by Crippen LogP contribution is -2.37. The van der Waals surface area contributed by atoms with E-state index < -0.39 is 0 Å². The Hall–Kier alpha value is -2.27. The highest BCUT2D eigenvalue weighted by atomic mass is 16.3. The van der Waals surface area contributed by atoms with E-state index in [1.165, 1.54) is 37.1 Å². The van der Waals surface area contributed by atoms with Gasteiger partial charge in [-0.3, -0.25) is 9.89 Å². The molecule has 1 aliphatic heterocycles. The lowest BCUT2D eigenvalue weighted by Gasteiger charge is -2.30. The molecule has 1 aliphatic rings. The summed E-state index contributed by atoms with van der Waals surface area (Å²) in [7, 11) is 1.80. The van der Waals surface area contributed by atoms with Crippen LogP contribution in [-0.4, -0.2) is 37.5 Å². The smallest absolute Gasteiger partial charge is 0.191 e. The van der Waals surface area contributed by atoms with Gasteiger partial charge in [0.2, 0.25) is 0 Å². The Balaban J connectivity index is 1.40. The summed E-state index contributed by atoms with van der Waals surface area (Å²) in [5.41, 5.74) is 2.66. The van der Waals surface area contributed by atoms with Crippen molar-refractivity contribution < 1.29 is 4.42 Å². The molecule has 146 valence electrons. The molecule has 2 heterocycles. The number of guanidine groups is 1. The topological polar surface area (TPSA) is 52.8 Å². The number of benzene rings is 1. The van der Waals surface area contributed by atoms with Crippen LogP contribution in [0.2, 0.25) is 0 Å². The maximum Gasteiger partial charge on any atom is 0.191 e. The molecule has 1 unspecified atom stereocenters. The van der Waals surface area contributed by atoms with Crippen molar-refractivity contribution in [3.8, 4) is 0 Å². The molecule has 5 nitrogen and oxygen atoms in total. The number of hydrogen-bond donors (Lipinski definition) is 2. The SMILES string of the molecule is CN=C(NCCc1ccco1)NCc1ccc(CN2CCCC(C)C2)cc1. The number of likely N-dealkylation sites (tertiary alicyclic amines) is 1. The quantitative estimate of drug-likeness (QED) is 0.581. The highest BCUT2D eigenvalue weighted by Crippen LogP contribution is 2.18. The van der Waals surface area contributed by atoms with Crippen molar-refractivity contribution in [2.45, 2.75) is 39.3 Å². The highest BCUT2D eigenvalue weighted by molar-refractivity contribution is 5.79. The van der Waals surface area contributed by atoms with Crippen LogP contribution in [0.5, 0.6) is 0 Å². The Kier molecular flexibility index (Phi) is 7.34. The van der Waals surface area contributed by atoms with E-state index in [1.807, 2.05) is 12.1 Å². The van der Waals surface area contributed by atoms with E-state index in [4.69, 9.17) is 4.42 Å². The third kappa shape index (κ3) is 6.43. The third-order valence-electron chi connectivity index (χ3n) is 5.10. The first-order valence-corrected chi connectivity index (χ1v) is 10.00. The number of furan rings is 1. The molecule has 0 aliphatic carbocycles. The van der Waals surface area contributed by atoms with Gasteiger partial charge in [0.1, 0.15) is 5.76 Å². The summed E-state index contributed by atoms with van der Waals surface area (Å²) in [6.07, 6.45) is 5.25. The molecule has 0 saturated carbocycles. The largest absolute Gasteiger partial charge is 0.469 e. The second kappa shape index (κ2) is 10.2. The molecule has 0 amide bonds. The number of nitrogens with zero attached hydrogens (tertiary/aromatic N) is 2. The summed E-state index contributed by atoms with van der Waals surface area (Å²) in [5.74, 6) is 2.62. The minimum atomic E-state index is 0.765. The zero-order chi connectivity index (χ0) is 18.9. The van der Waals surface area contributed by atoms with Gasteiger partial charge in [-0.25, -0.2) is 0 Å². The van der Waals surface area contributed by atoms with Gasteiger partial charge in [-0.15, -0.1) is 0 Å². The summed E-state index contributed by atoms with van der Waals surface area (Å²) >= 11 is 0. The van der Waals surface area contributed by atoms with Crippen LogP contribution >= 0.6 is 0 Å². The second-order valence-corrected chi connectivity index (χ2v) is 7.48. The lowest BCUT2D eigenvalue weighted by molar-refractivity contribution is 0.176. The van der Waals surface area contributed by atoms with Crippen LogP contribution in [0.1, 0.15) is 36.7 Å². The van der Waals surface area contributed by atoms with Crippen LogP contribution < -0.4 is 10.6 Å². The minimum Gasteiger partial charge on any atom is -0.469 e. The number of hydrogen-bond acceptors (Lipinski definition) is 3. The molecule has 1 saturated heterocycles. The molecular weight excluding hydrogens is 336 g/mol. The van der Waals surface area contributed by atoms with E-state index in [1.54, 1.807) is 13.3 Å². The fraction of sp³-hybridized carbons (Fsp3) is 0.500. The zero-order valence-corrected chi connectivity index (χ0v) is 16.6. The standard InChI is InChI=1S/C22H32N4O/c1-18-5-3-13-26(16-18)17-20-9-7-19(8-10-20)15-25-22(23-2)24-12-11-21-6-4-14-27-21/h4,6-10,14,18H,3,5,11-13,15-17H2,1-2H3,(H2,23,24,25). The van der Waals surface area contributed by atoms with Crippen molar-refractivity contribution >= 4 is 5.96 Å². The molecule has 3 rings (SSSR count). The number of piperidine rings is 1. The van der Waals surface area contributed by atoms with Gasteiger partial charge in [-0.2, -0.15) is 0 Å². The van der Waals surface area contributed by atoms with Crippen LogP contribution in [0.25, 0.3) is 0 Å². The second-order valence-electron chi connectivity index (χ2n) is 7.48. The maximum absolute atomic E-state index is 5.35. The summed E-state index contributed by atoms with van der Waals surface area (Å²) < 4.78 is 5.35. The first kappa shape index (κ1) is 19.5. The van der Waals surface area contributed by atoms with E-state index in [0.717, 1.165) is 43.7 Å². The van der Waals surface area contributed by atoms with Crippen molar-refractivity contribution in [1.29, 1.82) is 0 Å². The van der Waals surface area contributed by atoms with Gasteiger partial charge in [0, 0.05) is 39.6 Å². The van der Waals surface area contributed by atoms with Gasteiger partial charge in [0.25, 0.3) is 0 Å². The molecule has 27 heavy (non-hydrogen) atoms. The van der Waals surface area contributed by atoms with Gasteiger partial charge >= 0.3 is 0 Å². The van der Waals surface area contributed by atoms with Gasteiger partial charge in [-0.1, -0.05) is 31.2 Å². The average Bonchev–Trinajstić information content (AvgIpc) is 3.19. The third-order valence-corrected chi connectivity index (χ3v) is 5.10. The van der Waals surface area contributed by atoms with Crippen LogP contribution in [0.3, 0.4) is 0 Å². The van der Waals surface area contributed by atoms with Crippen molar-refractivity contribution in [3.05, 3.63) is 59.5 Å². The zero-order valence-electron chi connectivity index (χ0n) is 16.6. The summed E-state index contributed by atoms with van der Waals surface area (Å²) in [5, 5.41) is 6.69. The first-order chi connectivity index (χ1) is 13.2. The normalized spacial score (nSPS) is 18.4. The van der Waals surface area contributed by atoms with Gasteiger partial charge in [0.05, 0.1) is 6.26 Å². The van der Waals surface area contributed by atoms with E-state index in [-0.39, 0.29) is 0 Å². The highest BCUT2D eigenvalue weighted by Gasteiger charge is 2.16. The number of aliphatic imine (C=N–C) groups is 1. The predicted molar refractivity (Wildman–Crippen MR) is 111 cm³/mol. The van der Waals surface area contributed by atoms with Gasteiger partial charge in [-0.05, 0) is 48.6 Å². The van der Waals surface area contributed by atoms with E-state index >= 15 is 0 Å². The summed E-state index contributed by atoms with van der Waals surface area (Å²) in [6, 6.07) is 12.8. The molecule has 1 aromatic heterocycles. The molecule has 2 aromatic rings. The van der Waals surface area contributed by atoms with Crippen LogP contribution in [0.15, 0.2) is 52.1 Å². The fourth-order valence-electron chi connectivity index (χ4n) is 3.62. The van der Waals surface area contributed by atoms with E-state index in [2.05, 4.69) is 51.7 Å². The predicted octanol–water partition coefficient (Wildman–Crippen LogP) is 3.42. The van der Waals surface area contributed by atoms with Crippen molar-refractivity contribution in [3.63, 3.8) is 0 Å². The van der Waals surface area contributed by atoms with Crippen molar-refractivity contribution in [1.82, 2.24) is 15.5 Å². The Labute approximate surface area is 162 Å². The Morgan fingerprint density at radius 3 is 2.70 bits per heavy atom. The Bertz CT molecular complexity index is 694. The average molecular weight is 369 g/mol. The van der Waals surface area contributed by atoms with E-state index in [9.17, 15) is 0 Å².